The molecule has 4 aliphatic rings. The van der Waals surface area contributed by atoms with Crippen LogP contribution in [0.1, 0.15) is 63.3 Å². The molecule has 2 heterocycles. The first kappa shape index (κ1) is 22.1. The Hall–Kier alpha value is -2.39. The lowest BCUT2D eigenvalue weighted by atomic mass is 9.49. The quantitative estimate of drug-likeness (QED) is 0.491. The number of fused-ring (bicyclic) bond motifs is 1. The van der Waals surface area contributed by atoms with Gasteiger partial charge in [-0.1, -0.05) is 42.5 Å². The molecule has 0 unspecified atom stereocenters. The molecule has 1 amide bonds. The molecule has 178 valence electrons. The van der Waals surface area contributed by atoms with Crippen LogP contribution in [-0.4, -0.2) is 30.8 Å². The summed E-state index contributed by atoms with van der Waals surface area (Å²) in [5.74, 6) is 3.51. The van der Waals surface area contributed by atoms with E-state index >= 15 is 0 Å². The van der Waals surface area contributed by atoms with Crippen LogP contribution in [0.15, 0.2) is 24.3 Å². The van der Waals surface area contributed by atoms with Crippen LogP contribution in [0.3, 0.4) is 0 Å². The van der Waals surface area contributed by atoms with Crippen molar-refractivity contribution in [2.45, 2.75) is 64.8 Å². The Morgan fingerprint density at radius 1 is 1.12 bits per heavy atom. The number of rotatable bonds is 6. The average molecular weight is 495 g/mol. The van der Waals surface area contributed by atoms with Gasteiger partial charge >= 0.3 is 0 Å². The van der Waals surface area contributed by atoms with Crippen LogP contribution in [0.2, 0.25) is 0 Å². The molecule has 7 nitrogen and oxygen atoms in total. The van der Waals surface area contributed by atoms with Gasteiger partial charge in [0, 0.05) is 24.9 Å². The summed E-state index contributed by atoms with van der Waals surface area (Å²) in [7, 11) is 0. The van der Waals surface area contributed by atoms with Crippen molar-refractivity contribution in [1.82, 2.24) is 30.4 Å². The van der Waals surface area contributed by atoms with Crippen molar-refractivity contribution in [2.75, 3.05) is 0 Å². The summed E-state index contributed by atoms with van der Waals surface area (Å²) in [6.07, 6.45) is 9.32. The van der Waals surface area contributed by atoms with E-state index in [-0.39, 0.29) is 11.3 Å². The lowest BCUT2D eigenvalue weighted by Gasteiger charge is -2.56. The van der Waals surface area contributed by atoms with Gasteiger partial charge in [-0.2, -0.15) is 9.61 Å². The van der Waals surface area contributed by atoms with Crippen molar-refractivity contribution >= 4 is 39.5 Å². The second-order valence-electron chi connectivity index (χ2n) is 10.6. The molecular weight excluding hydrogens is 464 g/mol. The Kier molecular flexibility index (Phi) is 5.64. The van der Waals surface area contributed by atoms with Gasteiger partial charge < -0.3 is 10.6 Å². The number of hydrogen-bond acceptors (Lipinski definition) is 6. The van der Waals surface area contributed by atoms with Crippen LogP contribution in [0.25, 0.3) is 15.5 Å². The Morgan fingerprint density at radius 3 is 2.44 bits per heavy atom. The van der Waals surface area contributed by atoms with Crippen molar-refractivity contribution < 1.29 is 4.79 Å². The molecule has 2 aromatic heterocycles. The van der Waals surface area contributed by atoms with E-state index in [1.807, 2.05) is 11.4 Å². The van der Waals surface area contributed by atoms with Gasteiger partial charge in [-0.15, -0.1) is 10.2 Å². The molecule has 4 aliphatic carbocycles. The summed E-state index contributed by atoms with van der Waals surface area (Å²) in [6.45, 7) is 2.62. The summed E-state index contributed by atoms with van der Waals surface area (Å²) < 4.78 is 1.82. The highest BCUT2D eigenvalue weighted by Gasteiger charge is 2.51. The van der Waals surface area contributed by atoms with Gasteiger partial charge in [0.1, 0.15) is 5.01 Å². The van der Waals surface area contributed by atoms with Gasteiger partial charge in [0.05, 0.1) is 0 Å². The maximum Gasteiger partial charge on any atom is 0.234 e. The fraction of sp³-hybridized carbons (Fsp3) is 0.560. The molecule has 0 radical (unpaired) electrons. The van der Waals surface area contributed by atoms with Gasteiger partial charge in [0.25, 0.3) is 0 Å². The van der Waals surface area contributed by atoms with Crippen molar-refractivity contribution in [3.63, 3.8) is 0 Å². The van der Waals surface area contributed by atoms with E-state index < -0.39 is 0 Å². The number of aromatic nitrogens is 4. The predicted octanol–water partition coefficient (Wildman–Crippen LogP) is 4.51. The predicted molar refractivity (Wildman–Crippen MR) is 136 cm³/mol. The molecule has 2 N–H and O–H groups in total. The Labute approximate surface area is 208 Å². The molecule has 34 heavy (non-hydrogen) atoms. The zero-order valence-electron chi connectivity index (χ0n) is 19.4. The van der Waals surface area contributed by atoms with E-state index in [4.69, 9.17) is 12.2 Å². The molecule has 0 spiro atoms. The third kappa shape index (κ3) is 4.24. The molecule has 4 saturated carbocycles. The number of carbonyl (C=O) groups excluding carboxylic acids is 1. The van der Waals surface area contributed by atoms with Crippen LogP contribution < -0.4 is 10.6 Å². The Morgan fingerprint density at radius 2 is 1.79 bits per heavy atom. The Balaban J connectivity index is 1.02. The first-order valence-electron chi connectivity index (χ1n) is 12.4. The number of hydrogen-bond donors (Lipinski definition) is 2. The molecule has 1 aromatic carbocycles. The average Bonchev–Trinajstić information content (AvgIpc) is 3.37. The van der Waals surface area contributed by atoms with Crippen LogP contribution in [0.5, 0.6) is 0 Å². The molecule has 0 aliphatic heterocycles. The van der Waals surface area contributed by atoms with E-state index in [1.54, 1.807) is 0 Å². The molecule has 7 rings (SSSR count). The number of nitrogens with one attached hydrogen (secondary N) is 2. The number of aryl methyl sites for hydroxylation is 1. The van der Waals surface area contributed by atoms with Gasteiger partial charge in [-0.05, 0) is 79.5 Å². The highest BCUT2D eigenvalue weighted by atomic mass is 32.1. The number of thiocarbonyl (C=S) groups is 1. The summed E-state index contributed by atoms with van der Waals surface area (Å²) in [4.78, 5) is 13.6. The third-order valence-electron chi connectivity index (χ3n) is 7.98. The van der Waals surface area contributed by atoms with Gasteiger partial charge in [0.15, 0.2) is 10.9 Å². The SMILES string of the molecule is CCc1nnc2sc(-c3ccc(CNC(=S)NC(=O)CC45CC6CC(CC(C6)C4)C5)cc3)nn12. The minimum atomic E-state index is 0.0736. The largest absolute Gasteiger partial charge is 0.358 e. The monoisotopic (exact) mass is 494 g/mol. The van der Waals surface area contributed by atoms with Gasteiger partial charge in [0.2, 0.25) is 10.9 Å². The van der Waals surface area contributed by atoms with Crippen LogP contribution >= 0.6 is 23.6 Å². The maximum absolute atomic E-state index is 12.8. The van der Waals surface area contributed by atoms with E-state index in [1.165, 1.54) is 49.9 Å². The lowest BCUT2D eigenvalue weighted by Crippen LogP contribution is -2.49. The first-order valence-corrected chi connectivity index (χ1v) is 13.6. The van der Waals surface area contributed by atoms with Crippen LogP contribution in [0, 0.1) is 23.2 Å². The summed E-state index contributed by atoms with van der Waals surface area (Å²) >= 11 is 6.96. The van der Waals surface area contributed by atoms with Crippen LogP contribution in [0.4, 0.5) is 0 Å². The van der Waals surface area contributed by atoms with E-state index in [9.17, 15) is 4.79 Å². The number of amides is 1. The number of benzene rings is 1. The van der Waals surface area contributed by atoms with Gasteiger partial charge in [-0.3, -0.25) is 4.79 Å². The molecule has 3 aromatic rings. The fourth-order valence-corrected chi connectivity index (χ4v) is 8.05. The zero-order chi connectivity index (χ0) is 23.3. The summed E-state index contributed by atoms with van der Waals surface area (Å²) in [5, 5.41) is 20.5. The molecule has 4 fully saturated rings. The molecular formula is C25H30N6OS2. The van der Waals surface area contributed by atoms with E-state index in [2.05, 4.69) is 50.2 Å². The second-order valence-corrected chi connectivity index (χ2v) is 12.0. The zero-order valence-corrected chi connectivity index (χ0v) is 21.1. The highest BCUT2D eigenvalue weighted by molar-refractivity contribution is 7.80. The topological polar surface area (TPSA) is 84.2 Å². The van der Waals surface area contributed by atoms with Crippen molar-refractivity contribution in [2.24, 2.45) is 23.2 Å². The fourth-order valence-electron chi connectivity index (χ4n) is 7.00. The molecule has 4 bridgehead atoms. The molecule has 0 saturated heterocycles. The molecule has 9 heteroatoms. The van der Waals surface area contributed by atoms with E-state index in [0.29, 0.717) is 18.1 Å². The standard InChI is InChI=1S/C25H30N6OS2/c1-2-20-28-29-24-31(20)30-22(34-24)19-5-3-15(4-6-19)14-26-23(33)27-21(32)13-25-10-16-7-17(11-25)9-18(8-16)12-25/h3-6,16-18H,2,7-14H2,1H3,(H2,26,27,32,33). The summed E-state index contributed by atoms with van der Waals surface area (Å²) in [6, 6.07) is 8.24. The van der Waals surface area contributed by atoms with Crippen molar-refractivity contribution in [3.8, 4) is 10.6 Å². The minimum Gasteiger partial charge on any atom is -0.358 e. The lowest BCUT2D eigenvalue weighted by molar-refractivity contribution is -0.128. The summed E-state index contributed by atoms with van der Waals surface area (Å²) in [5.41, 5.74) is 2.38. The second kappa shape index (κ2) is 8.68. The van der Waals surface area contributed by atoms with Gasteiger partial charge in [-0.25, -0.2) is 0 Å². The van der Waals surface area contributed by atoms with Crippen molar-refractivity contribution in [1.29, 1.82) is 0 Å². The molecule has 0 atom stereocenters. The maximum atomic E-state index is 12.8. The highest BCUT2D eigenvalue weighted by Crippen LogP contribution is 2.61. The van der Waals surface area contributed by atoms with Crippen molar-refractivity contribution in [3.05, 3.63) is 35.7 Å². The van der Waals surface area contributed by atoms with E-state index in [0.717, 1.165) is 51.1 Å². The first-order chi connectivity index (χ1) is 16.5. The normalized spacial score (nSPS) is 27.3. The number of carbonyl (C=O) groups is 1. The number of nitrogens with zero attached hydrogens (tertiary/aromatic N) is 4. The minimum absolute atomic E-state index is 0.0736. The Bertz CT molecular complexity index is 1190. The smallest absolute Gasteiger partial charge is 0.234 e. The van der Waals surface area contributed by atoms with Crippen LogP contribution in [-0.2, 0) is 17.8 Å². The third-order valence-corrected chi connectivity index (χ3v) is 9.17.